The maximum atomic E-state index is 10.9. The van der Waals surface area contributed by atoms with E-state index in [0.29, 0.717) is 0 Å². The Balaban J connectivity index is 2.62. The molecule has 0 aliphatic heterocycles. The van der Waals surface area contributed by atoms with E-state index in [1.165, 1.54) is 6.07 Å². The van der Waals surface area contributed by atoms with Crippen molar-refractivity contribution >= 4 is 17.1 Å². The summed E-state index contributed by atoms with van der Waals surface area (Å²) in [6.45, 7) is 8.11. The lowest BCUT2D eigenvalue weighted by Gasteiger charge is -2.20. The third-order valence-electron chi connectivity index (χ3n) is 3.16. The Bertz CT molecular complexity index is 437. The molecule has 1 rings (SSSR count). The van der Waals surface area contributed by atoms with Gasteiger partial charge in [-0.25, -0.2) is 0 Å². The number of hydrogen-bond donors (Lipinski definition) is 2. The first-order valence-electron chi connectivity index (χ1n) is 7.04. The SMILES string of the molecule is CCCN(CC)CCNc1cc(NC)cc([N+](=O)[O-])c1. The predicted octanol–water partition coefficient (Wildman–Crippen LogP) is 2.78. The summed E-state index contributed by atoms with van der Waals surface area (Å²) in [4.78, 5) is 12.9. The van der Waals surface area contributed by atoms with Crippen molar-refractivity contribution in [3.05, 3.63) is 28.3 Å². The van der Waals surface area contributed by atoms with E-state index in [2.05, 4.69) is 29.4 Å². The van der Waals surface area contributed by atoms with Gasteiger partial charge < -0.3 is 15.5 Å². The average Bonchev–Trinajstić information content (AvgIpc) is 2.45. The van der Waals surface area contributed by atoms with Crippen molar-refractivity contribution in [2.75, 3.05) is 43.9 Å². The maximum Gasteiger partial charge on any atom is 0.273 e. The van der Waals surface area contributed by atoms with Crippen LogP contribution in [0.5, 0.6) is 0 Å². The Morgan fingerprint density at radius 2 is 1.90 bits per heavy atom. The molecule has 0 radical (unpaired) electrons. The number of non-ortho nitro benzene ring substituents is 1. The number of nitrogens with zero attached hydrogens (tertiary/aromatic N) is 2. The topological polar surface area (TPSA) is 70.4 Å². The van der Waals surface area contributed by atoms with Crippen LogP contribution in [0.15, 0.2) is 18.2 Å². The number of nitro benzene ring substituents is 1. The minimum Gasteiger partial charge on any atom is -0.388 e. The number of nitrogens with one attached hydrogen (secondary N) is 2. The third-order valence-corrected chi connectivity index (χ3v) is 3.16. The van der Waals surface area contributed by atoms with E-state index in [1.807, 2.05) is 6.07 Å². The quantitative estimate of drug-likeness (QED) is 0.537. The van der Waals surface area contributed by atoms with Gasteiger partial charge in [-0.15, -0.1) is 0 Å². The Morgan fingerprint density at radius 3 is 2.45 bits per heavy atom. The molecular weight excluding hydrogens is 256 g/mol. The second-order valence-corrected chi connectivity index (χ2v) is 4.64. The molecule has 0 fully saturated rings. The molecule has 112 valence electrons. The van der Waals surface area contributed by atoms with Crippen molar-refractivity contribution in [3.63, 3.8) is 0 Å². The molecule has 0 aliphatic rings. The predicted molar refractivity (Wildman–Crippen MR) is 83.5 cm³/mol. The monoisotopic (exact) mass is 280 g/mol. The molecule has 0 bridgehead atoms. The molecule has 1 aromatic rings. The van der Waals surface area contributed by atoms with Crippen molar-refractivity contribution < 1.29 is 4.92 Å². The molecule has 0 unspecified atom stereocenters. The van der Waals surface area contributed by atoms with E-state index in [4.69, 9.17) is 0 Å². The van der Waals surface area contributed by atoms with Gasteiger partial charge in [-0.3, -0.25) is 10.1 Å². The van der Waals surface area contributed by atoms with E-state index in [-0.39, 0.29) is 10.6 Å². The number of anilines is 2. The third kappa shape index (κ3) is 5.05. The van der Waals surface area contributed by atoms with Crippen molar-refractivity contribution in [1.82, 2.24) is 4.90 Å². The fourth-order valence-electron chi connectivity index (χ4n) is 2.07. The molecule has 0 amide bonds. The molecule has 0 heterocycles. The van der Waals surface area contributed by atoms with Crippen LogP contribution in [-0.4, -0.2) is 43.0 Å². The second-order valence-electron chi connectivity index (χ2n) is 4.64. The normalized spacial score (nSPS) is 10.6. The smallest absolute Gasteiger partial charge is 0.273 e. The Kier molecular flexibility index (Phi) is 6.79. The molecule has 0 saturated heterocycles. The highest BCUT2D eigenvalue weighted by Crippen LogP contribution is 2.23. The molecule has 1 aromatic carbocycles. The summed E-state index contributed by atoms with van der Waals surface area (Å²) in [5.74, 6) is 0. The highest BCUT2D eigenvalue weighted by atomic mass is 16.6. The number of hydrogen-bond acceptors (Lipinski definition) is 5. The number of benzene rings is 1. The van der Waals surface area contributed by atoms with Crippen LogP contribution in [0.4, 0.5) is 17.1 Å². The van der Waals surface area contributed by atoms with Gasteiger partial charge in [-0.05, 0) is 25.6 Å². The summed E-state index contributed by atoms with van der Waals surface area (Å²) in [6, 6.07) is 4.97. The highest BCUT2D eigenvalue weighted by Gasteiger charge is 2.09. The Morgan fingerprint density at radius 1 is 1.20 bits per heavy atom. The van der Waals surface area contributed by atoms with Gasteiger partial charge in [0.2, 0.25) is 0 Å². The highest BCUT2D eigenvalue weighted by molar-refractivity contribution is 5.63. The summed E-state index contributed by atoms with van der Waals surface area (Å²) in [6.07, 6.45) is 1.13. The molecule has 0 atom stereocenters. The molecule has 2 N–H and O–H groups in total. The van der Waals surface area contributed by atoms with Crippen LogP contribution in [0, 0.1) is 10.1 Å². The molecule has 0 spiro atoms. The van der Waals surface area contributed by atoms with Crippen LogP contribution in [0.2, 0.25) is 0 Å². The summed E-state index contributed by atoms with van der Waals surface area (Å²) < 4.78 is 0. The molecule has 0 aliphatic carbocycles. The zero-order valence-corrected chi connectivity index (χ0v) is 12.5. The minimum absolute atomic E-state index is 0.0975. The van der Waals surface area contributed by atoms with Crippen LogP contribution in [0.25, 0.3) is 0 Å². The van der Waals surface area contributed by atoms with Gasteiger partial charge in [-0.1, -0.05) is 13.8 Å². The zero-order chi connectivity index (χ0) is 15.0. The molecular formula is C14H24N4O2. The summed E-state index contributed by atoms with van der Waals surface area (Å²) >= 11 is 0. The maximum absolute atomic E-state index is 10.9. The van der Waals surface area contributed by atoms with Crippen molar-refractivity contribution in [2.24, 2.45) is 0 Å². The first kappa shape index (κ1) is 16.2. The van der Waals surface area contributed by atoms with E-state index in [1.54, 1.807) is 13.1 Å². The van der Waals surface area contributed by atoms with E-state index in [0.717, 1.165) is 44.0 Å². The molecule has 6 nitrogen and oxygen atoms in total. The second kappa shape index (κ2) is 8.37. The standard InChI is InChI=1S/C14H24N4O2/c1-4-7-17(5-2)8-6-16-13-9-12(15-3)10-14(11-13)18(19)20/h9-11,15-16H,4-8H2,1-3H3. The van der Waals surface area contributed by atoms with E-state index >= 15 is 0 Å². The van der Waals surface area contributed by atoms with Crippen LogP contribution in [0.1, 0.15) is 20.3 Å². The van der Waals surface area contributed by atoms with E-state index in [9.17, 15) is 10.1 Å². The largest absolute Gasteiger partial charge is 0.388 e. The number of rotatable bonds is 9. The molecule has 20 heavy (non-hydrogen) atoms. The fourth-order valence-corrected chi connectivity index (χ4v) is 2.07. The van der Waals surface area contributed by atoms with Crippen molar-refractivity contribution in [1.29, 1.82) is 0 Å². The lowest BCUT2D eigenvalue weighted by molar-refractivity contribution is -0.384. The van der Waals surface area contributed by atoms with Crippen molar-refractivity contribution in [2.45, 2.75) is 20.3 Å². The van der Waals surface area contributed by atoms with Gasteiger partial charge in [0.25, 0.3) is 5.69 Å². The average molecular weight is 280 g/mol. The van der Waals surface area contributed by atoms with E-state index < -0.39 is 0 Å². The fraction of sp³-hybridized carbons (Fsp3) is 0.571. The minimum atomic E-state index is -0.374. The van der Waals surface area contributed by atoms with Crippen molar-refractivity contribution in [3.8, 4) is 0 Å². The van der Waals surface area contributed by atoms with Gasteiger partial charge in [0.1, 0.15) is 0 Å². The Hall–Kier alpha value is -1.82. The van der Waals surface area contributed by atoms with Crippen LogP contribution in [0.3, 0.4) is 0 Å². The summed E-state index contributed by atoms with van der Waals surface area (Å²) in [7, 11) is 1.75. The number of likely N-dealkylation sites (N-methyl/N-ethyl adjacent to an activating group) is 1. The Labute approximate surface area is 120 Å². The van der Waals surface area contributed by atoms with Gasteiger partial charge in [-0.2, -0.15) is 0 Å². The lowest BCUT2D eigenvalue weighted by Crippen LogP contribution is -2.29. The number of nitro groups is 1. The van der Waals surface area contributed by atoms with Crippen LogP contribution >= 0.6 is 0 Å². The summed E-state index contributed by atoms with van der Waals surface area (Å²) in [5, 5.41) is 17.1. The van der Waals surface area contributed by atoms with Gasteiger partial charge in [0.05, 0.1) is 4.92 Å². The molecule has 6 heteroatoms. The zero-order valence-electron chi connectivity index (χ0n) is 12.5. The molecule has 0 saturated carbocycles. The first-order valence-corrected chi connectivity index (χ1v) is 7.04. The van der Waals surface area contributed by atoms with Gasteiger partial charge >= 0.3 is 0 Å². The van der Waals surface area contributed by atoms with Gasteiger partial charge in [0.15, 0.2) is 0 Å². The van der Waals surface area contributed by atoms with Crippen LogP contribution < -0.4 is 10.6 Å². The first-order chi connectivity index (χ1) is 9.60. The lowest BCUT2D eigenvalue weighted by atomic mass is 10.2. The van der Waals surface area contributed by atoms with Gasteiger partial charge in [0, 0.05) is 43.6 Å². The summed E-state index contributed by atoms with van der Waals surface area (Å²) in [5.41, 5.74) is 1.61. The molecule has 0 aromatic heterocycles. The van der Waals surface area contributed by atoms with Crippen LogP contribution in [-0.2, 0) is 0 Å².